The van der Waals surface area contributed by atoms with Gasteiger partial charge in [-0.1, -0.05) is 51.5 Å². The molecule has 0 bridgehead atoms. The van der Waals surface area contributed by atoms with Crippen LogP contribution in [0.3, 0.4) is 0 Å². The lowest BCUT2D eigenvalue weighted by Crippen LogP contribution is -2.53. The van der Waals surface area contributed by atoms with Crippen molar-refractivity contribution in [2.45, 2.75) is 91.7 Å². The third-order valence-electron chi connectivity index (χ3n) is 9.60. The summed E-state index contributed by atoms with van der Waals surface area (Å²) < 4.78 is 2.37. The lowest BCUT2D eigenvalue weighted by atomic mass is 9.63. The number of carbonyl (C=O) groups excluding carboxylic acids is 1. The Labute approximate surface area is 217 Å². The van der Waals surface area contributed by atoms with Gasteiger partial charge in [0.1, 0.15) is 12.3 Å². The standard InChI is InChI=1S/C32H43N2O2/c1-9-33-18-20(4)14-25-27(33)16-21(31(25,5)6)15-22-29(35)23(30(22)36)17-28-32(7,8)24-13-19(3)11-12-26(24)34(28)10-2/h11-14,17-18,21-23,29,35H,9-10,15-16H2,1-8H3/q+1. The van der Waals surface area contributed by atoms with Gasteiger partial charge in [0, 0.05) is 46.8 Å². The highest BCUT2D eigenvalue weighted by atomic mass is 16.3. The fraction of sp³-hybridized carbons (Fsp3) is 0.562. The van der Waals surface area contributed by atoms with Crippen LogP contribution in [0.4, 0.5) is 5.69 Å². The minimum atomic E-state index is -0.607. The van der Waals surface area contributed by atoms with Crippen LogP contribution in [0.1, 0.15) is 75.9 Å². The number of rotatable bonds is 5. The minimum Gasteiger partial charge on any atom is -0.391 e. The number of aliphatic hydroxyl groups excluding tert-OH is 1. The van der Waals surface area contributed by atoms with Crippen LogP contribution in [0.15, 0.2) is 42.2 Å². The predicted octanol–water partition coefficient (Wildman–Crippen LogP) is 5.33. The second-order valence-corrected chi connectivity index (χ2v) is 12.5. The van der Waals surface area contributed by atoms with Crippen molar-refractivity contribution in [2.24, 2.45) is 17.8 Å². The number of pyridine rings is 1. The highest BCUT2D eigenvalue weighted by molar-refractivity contribution is 5.93. The molecular formula is C32H43N2O2+. The van der Waals surface area contributed by atoms with Crippen LogP contribution in [0.2, 0.25) is 0 Å². The number of fused-ring (bicyclic) bond motifs is 2. The highest BCUT2D eigenvalue weighted by Crippen LogP contribution is 2.51. The van der Waals surface area contributed by atoms with Crippen LogP contribution < -0.4 is 9.47 Å². The Balaban J connectivity index is 1.38. The molecule has 36 heavy (non-hydrogen) atoms. The van der Waals surface area contributed by atoms with Crippen LogP contribution in [0, 0.1) is 31.6 Å². The number of aromatic nitrogens is 1. The van der Waals surface area contributed by atoms with E-state index < -0.39 is 12.0 Å². The Kier molecular flexibility index (Phi) is 5.98. The molecule has 5 rings (SSSR count). The summed E-state index contributed by atoms with van der Waals surface area (Å²) in [4.78, 5) is 15.8. The maximum atomic E-state index is 13.5. The molecule has 192 valence electrons. The smallest absolute Gasteiger partial charge is 0.185 e. The second-order valence-electron chi connectivity index (χ2n) is 12.5. The number of anilines is 1. The zero-order valence-electron chi connectivity index (χ0n) is 23.4. The molecule has 1 N–H and O–H groups in total. The lowest BCUT2D eigenvalue weighted by molar-refractivity contribution is -0.701. The number of aryl methyl sites for hydroxylation is 3. The number of hydrogen-bond donors (Lipinski definition) is 1. The van der Waals surface area contributed by atoms with Crippen molar-refractivity contribution >= 4 is 11.5 Å². The van der Waals surface area contributed by atoms with Crippen LogP contribution in [0.25, 0.3) is 0 Å². The molecule has 4 nitrogen and oxygen atoms in total. The lowest BCUT2D eigenvalue weighted by Gasteiger charge is -2.42. The molecule has 1 fully saturated rings. The molecular weight excluding hydrogens is 444 g/mol. The third kappa shape index (κ3) is 3.59. The number of benzene rings is 1. The van der Waals surface area contributed by atoms with E-state index in [0.717, 1.165) is 31.6 Å². The SMILES string of the molecule is CCN1C(=CC2C(=O)C(CC3Cc4c(cc(C)c[n+]4CC)C3(C)C)C2O)C(C)(C)c2cc(C)ccc21. The molecule has 1 aromatic carbocycles. The summed E-state index contributed by atoms with van der Waals surface area (Å²) >= 11 is 0. The van der Waals surface area contributed by atoms with Crippen LogP contribution in [-0.4, -0.2) is 23.5 Å². The van der Waals surface area contributed by atoms with Crippen molar-refractivity contribution in [3.8, 4) is 0 Å². The Morgan fingerprint density at radius 3 is 2.42 bits per heavy atom. The first-order chi connectivity index (χ1) is 16.9. The molecule has 1 aromatic heterocycles. The number of aliphatic hydroxyl groups is 1. The zero-order valence-corrected chi connectivity index (χ0v) is 23.4. The Morgan fingerprint density at radius 2 is 1.78 bits per heavy atom. The van der Waals surface area contributed by atoms with E-state index in [1.165, 1.54) is 33.6 Å². The molecule has 0 radical (unpaired) electrons. The van der Waals surface area contributed by atoms with Gasteiger partial charge in [-0.25, -0.2) is 4.57 Å². The molecule has 0 amide bonds. The zero-order chi connectivity index (χ0) is 26.2. The minimum absolute atomic E-state index is 0.00617. The molecule has 3 aliphatic rings. The fourth-order valence-corrected chi connectivity index (χ4v) is 7.24. The van der Waals surface area contributed by atoms with E-state index in [9.17, 15) is 9.90 Å². The van der Waals surface area contributed by atoms with Crippen molar-refractivity contribution in [2.75, 3.05) is 11.4 Å². The summed E-state index contributed by atoms with van der Waals surface area (Å²) in [5.74, 6) is -0.124. The molecule has 4 unspecified atom stereocenters. The van der Waals surface area contributed by atoms with Gasteiger partial charge in [-0.15, -0.1) is 0 Å². The van der Waals surface area contributed by atoms with E-state index in [1.54, 1.807) is 0 Å². The maximum absolute atomic E-state index is 13.5. The van der Waals surface area contributed by atoms with Gasteiger partial charge in [0.25, 0.3) is 0 Å². The first kappa shape index (κ1) is 25.2. The quantitative estimate of drug-likeness (QED) is 0.580. The van der Waals surface area contributed by atoms with Gasteiger partial charge in [-0.05, 0) is 63.1 Å². The molecule has 4 atom stereocenters. The van der Waals surface area contributed by atoms with Crippen LogP contribution in [-0.2, 0) is 28.6 Å². The maximum Gasteiger partial charge on any atom is 0.185 e. The molecule has 0 spiro atoms. The number of Topliss-reactive ketones (excluding diaryl/α,β-unsaturated/α-hetero) is 1. The molecule has 1 aliphatic heterocycles. The fourth-order valence-electron chi connectivity index (χ4n) is 7.24. The van der Waals surface area contributed by atoms with E-state index in [0.29, 0.717) is 5.92 Å². The van der Waals surface area contributed by atoms with Crippen molar-refractivity contribution < 1.29 is 14.5 Å². The van der Waals surface area contributed by atoms with Gasteiger partial charge in [-0.3, -0.25) is 4.79 Å². The summed E-state index contributed by atoms with van der Waals surface area (Å²) in [6.45, 7) is 19.6. The Morgan fingerprint density at radius 1 is 1.08 bits per heavy atom. The van der Waals surface area contributed by atoms with Crippen molar-refractivity contribution in [3.63, 3.8) is 0 Å². The van der Waals surface area contributed by atoms with Gasteiger partial charge in [0.2, 0.25) is 0 Å². The number of nitrogens with zero attached hydrogens (tertiary/aromatic N) is 2. The number of ketones is 1. The third-order valence-corrected chi connectivity index (χ3v) is 9.60. The number of likely N-dealkylation sites (N-methyl/N-ethyl adjacent to an activating group) is 1. The molecule has 2 aliphatic carbocycles. The normalized spacial score (nSPS) is 28.9. The summed E-state index contributed by atoms with van der Waals surface area (Å²) in [7, 11) is 0. The van der Waals surface area contributed by atoms with E-state index >= 15 is 0 Å². The van der Waals surface area contributed by atoms with Gasteiger partial charge >= 0.3 is 0 Å². The van der Waals surface area contributed by atoms with E-state index in [-0.39, 0.29) is 22.5 Å². The number of carbonyl (C=O) groups is 1. The number of hydrogen-bond acceptors (Lipinski definition) is 3. The van der Waals surface area contributed by atoms with Gasteiger partial charge in [0.15, 0.2) is 11.9 Å². The van der Waals surface area contributed by atoms with E-state index in [1.807, 2.05) is 0 Å². The van der Waals surface area contributed by atoms with Gasteiger partial charge in [-0.2, -0.15) is 0 Å². The Bertz CT molecular complexity index is 1260. The van der Waals surface area contributed by atoms with E-state index in [4.69, 9.17) is 0 Å². The van der Waals surface area contributed by atoms with Crippen molar-refractivity contribution in [1.82, 2.24) is 0 Å². The Hall–Kier alpha value is -2.46. The molecule has 2 heterocycles. The van der Waals surface area contributed by atoms with E-state index in [2.05, 4.69) is 101 Å². The first-order valence-electron chi connectivity index (χ1n) is 13.8. The van der Waals surface area contributed by atoms with Gasteiger partial charge in [0.05, 0.1) is 12.0 Å². The molecule has 0 saturated heterocycles. The first-order valence-corrected chi connectivity index (χ1v) is 13.8. The largest absolute Gasteiger partial charge is 0.391 e. The molecule has 2 aromatic rings. The summed E-state index contributed by atoms with van der Waals surface area (Å²) in [5.41, 5.74) is 8.82. The summed E-state index contributed by atoms with van der Waals surface area (Å²) in [6, 6.07) is 8.95. The van der Waals surface area contributed by atoms with Crippen LogP contribution >= 0.6 is 0 Å². The second kappa shape index (κ2) is 8.55. The molecule has 4 heteroatoms. The summed E-state index contributed by atoms with van der Waals surface area (Å²) in [5, 5.41) is 11.3. The average molecular weight is 488 g/mol. The van der Waals surface area contributed by atoms with Crippen molar-refractivity contribution in [3.05, 3.63) is 70.2 Å². The topological polar surface area (TPSA) is 44.4 Å². The highest BCUT2D eigenvalue weighted by Gasteiger charge is 2.53. The predicted molar refractivity (Wildman–Crippen MR) is 145 cm³/mol. The van der Waals surface area contributed by atoms with Crippen LogP contribution in [0.5, 0.6) is 0 Å². The molecule has 1 saturated carbocycles. The van der Waals surface area contributed by atoms with Crippen molar-refractivity contribution in [1.29, 1.82) is 0 Å². The number of allylic oxidation sites excluding steroid dienone is 1. The summed E-state index contributed by atoms with van der Waals surface area (Å²) in [6.07, 6.45) is 5.45. The average Bonchev–Trinajstić information content (AvgIpc) is 3.20. The monoisotopic (exact) mass is 487 g/mol. The van der Waals surface area contributed by atoms with Gasteiger partial charge < -0.3 is 10.0 Å².